The van der Waals surface area contributed by atoms with Gasteiger partial charge in [-0.3, -0.25) is 0 Å². The topological polar surface area (TPSA) is 78.3 Å². The first kappa shape index (κ1) is 13.0. The summed E-state index contributed by atoms with van der Waals surface area (Å²) in [6.45, 7) is 1.59. The van der Waals surface area contributed by atoms with E-state index in [4.69, 9.17) is 10.5 Å². The Bertz CT molecular complexity index is 531. The number of fused-ring (bicyclic) bond motifs is 1. The van der Waals surface area contributed by atoms with Crippen molar-refractivity contribution < 1.29 is 4.74 Å². The number of hydrogen-bond donors (Lipinski definition) is 1. The van der Waals surface area contributed by atoms with Gasteiger partial charge < -0.3 is 10.5 Å². The molecular formula is C12H19N5OS. The number of aryl methyl sites for hydroxylation is 1. The molecule has 1 atom stereocenters. The minimum absolute atomic E-state index is 0.0715. The highest BCUT2D eigenvalue weighted by molar-refractivity contribution is 7.16. The van der Waals surface area contributed by atoms with Crippen LogP contribution in [-0.4, -0.2) is 33.0 Å². The minimum atomic E-state index is 0.0715. The molecule has 1 saturated heterocycles. The van der Waals surface area contributed by atoms with E-state index in [0.717, 1.165) is 67.5 Å². The third-order valence-electron chi connectivity index (χ3n) is 3.37. The first-order chi connectivity index (χ1) is 9.38. The van der Waals surface area contributed by atoms with E-state index in [-0.39, 0.29) is 6.10 Å². The summed E-state index contributed by atoms with van der Waals surface area (Å²) in [5.74, 6) is 0.858. The van der Waals surface area contributed by atoms with Gasteiger partial charge in [0.2, 0.25) is 4.96 Å². The predicted octanol–water partition coefficient (Wildman–Crippen LogP) is 1.71. The lowest BCUT2D eigenvalue weighted by molar-refractivity contribution is 0.103. The summed E-state index contributed by atoms with van der Waals surface area (Å²) in [6, 6.07) is 0. The van der Waals surface area contributed by atoms with Crippen LogP contribution in [0.2, 0.25) is 0 Å². The van der Waals surface area contributed by atoms with Crippen molar-refractivity contribution in [2.75, 3.05) is 13.2 Å². The number of aromatic nitrogens is 4. The Morgan fingerprint density at radius 1 is 1.32 bits per heavy atom. The molecule has 0 spiro atoms. The van der Waals surface area contributed by atoms with Crippen LogP contribution in [0.1, 0.15) is 49.0 Å². The molecule has 2 N–H and O–H groups in total. The third-order valence-corrected chi connectivity index (χ3v) is 4.33. The van der Waals surface area contributed by atoms with Crippen LogP contribution >= 0.6 is 11.3 Å². The second-order valence-corrected chi connectivity index (χ2v) is 5.89. The molecule has 0 radical (unpaired) electrons. The Balaban J connectivity index is 1.70. The van der Waals surface area contributed by atoms with Gasteiger partial charge in [0.15, 0.2) is 5.82 Å². The molecule has 0 aromatic carbocycles. The summed E-state index contributed by atoms with van der Waals surface area (Å²) in [6.07, 6.45) is 6.57. The van der Waals surface area contributed by atoms with Crippen molar-refractivity contribution in [3.05, 3.63) is 10.8 Å². The molecule has 2 aromatic rings. The minimum Gasteiger partial charge on any atom is -0.370 e. The monoisotopic (exact) mass is 281 g/mol. The van der Waals surface area contributed by atoms with E-state index < -0.39 is 0 Å². The fraction of sp³-hybridized carbons (Fsp3) is 0.750. The van der Waals surface area contributed by atoms with Crippen LogP contribution in [0, 0.1) is 0 Å². The lowest BCUT2D eigenvalue weighted by Gasteiger charge is -2.04. The second kappa shape index (κ2) is 5.94. The van der Waals surface area contributed by atoms with Crippen molar-refractivity contribution >= 4 is 16.3 Å². The molecule has 1 fully saturated rings. The van der Waals surface area contributed by atoms with Crippen LogP contribution in [0.5, 0.6) is 0 Å². The number of hydrogen-bond acceptors (Lipinski definition) is 6. The molecule has 0 saturated carbocycles. The van der Waals surface area contributed by atoms with Crippen LogP contribution in [0.25, 0.3) is 4.96 Å². The maximum absolute atomic E-state index is 5.66. The maximum atomic E-state index is 5.66. The van der Waals surface area contributed by atoms with Crippen molar-refractivity contribution in [1.29, 1.82) is 0 Å². The number of ether oxygens (including phenoxy) is 1. The summed E-state index contributed by atoms with van der Waals surface area (Å²) in [4.78, 5) is 0.874. The molecule has 3 rings (SSSR count). The number of nitrogens with zero attached hydrogens (tertiary/aromatic N) is 4. The highest BCUT2D eigenvalue weighted by Crippen LogP contribution is 2.28. The van der Waals surface area contributed by atoms with Gasteiger partial charge in [-0.2, -0.15) is 9.61 Å². The van der Waals surface area contributed by atoms with Gasteiger partial charge in [-0.05, 0) is 32.2 Å². The molecule has 19 heavy (non-hydrogen) atoms. The zero-order chi connectivity index (χ0) is 13.1. The van der Waals surface area contributed by atoms with E-state index >= 15 is 0 Å². The Hall–Kier alpha value is -1.05. The molecule has 1 unspecified atom stereocenters. The van der Waals surface area contributed by atoms with Gasteiger partial charge in [0.25, 0.3) is 0 Å². The Morgan fingerprint density at radius 2 is 2.26 bits per heavy atom. The van der Waals surface area contributed by atoms with Gasteiger partial charge in [0.1, 0.15) is 11.1 Å². The maximum Gasteiger partial charge on any atom is 0.234 e. The van der Waals surface area contributed by atoms with Gasteiger partial charge >= 0.3 is 0 Å². The van der Waals surface area contributed by atoms with Crippen LogP contribution in [0.4, 0.5) is 0 Å². The zero-order valence-corrected chi connectivity index (χ0v) is 11.7. The van der Waals surface area contributed by atoms with Crippen molar-refractivity contribution in [1.82, 2.24) is 19.8 Å². The first-order valence-electron chi connectivity index (χ1n) is 6.91. The largest absolute Gasteiger partial charge is 0.370 e. The quantitative estimate of drug-likeness (QED) is 0.815. The van der Waals surface area contributed by atoms with E-state index in [1.165, 1.54) is 0 Å². The standard InChI is InChI=1S/C12H19N5OS/c13-7-3-1-2-6-10-16-17-11(9-5-4-8-18-9)14-15-12(17)19-10/h9H,1-8,13H2. The second-order valence-electron chi connectivity index (χ2n) is 4.85. The average Bonchev–Trinajstić information content (AvgIpc) is 3.09. The number of nitrogens with two attached hydrogens (primary N) is 1. The Morgan fingerprint density at radius 3 is 3.05 bits per heavy atom. The fourth-order valence-corrected chi connectivity index (χ4v) is 3.23. The van der Waals surface area contributed by atoms with Gasteiger partial charge in [0, 0.05) is 13.0 Å². The van der Waals surface area contributed by atoms with Crippen LogP contribution in [0.3, 0.4) is 0 Å². The molecule has 1 aliphatic heterocycles. The van der Waals surface area contributed by atoms with Crippen molar-refractivity contribution in [3.8, 4) is 0 Å². The smallest absolute Gasteiger partial charge is 0.234 e. The van der Waals surface area contributed by atoms with Gasteiger partial charge in [-0.15, -0.1) is 10.2 Å². The van der Waals surface area contributed by atoms with Gasteiger partial charge in [0.05, 0.1) is 0 Å². The molecule has 104 valence electrons. The van der Waals surface area contributed by atoms with Gasteiger partial charge in [-0.25, -0.2) is 0 Å². The molecule has 6 nitrogen and oxygen atoms in total. The van der Waals surface area contributed by atoms with E-state index in [1.807, 2.05) is 4.52 Å². The van der Waals surface area contributed by atoms with E-state index in [0.29, 0.717) is 0 Å². The molecule has 0 amide bonds. The van der Waals surface area contributed by atoms with Crippen molar-refractivity contribution in [2.45, 2.75) is 44.6 Å². The zero-order valence-electron chi connectivity index (χ0n) is 10.9. The van der Waals surface area contributed by atoms with E-state index in [2.05, 4.69) is 15.3 Å². The van der Waals surface area contributed by atoms with Crippen molar-refractivity contribution in [2.24, 2.45) is 5.73 Å². The van der Waals surface area contributed by atoms with Crippen LogP contribution < -0.4 is 5.73 Å². The van der Waals surface area contributed by atoms with E-state index in [9.17, 15) is 0 Å². The summed E-state index contributed by atoms with van der Waals surface area (Å²) in [5, 5.41) is 14.1. The molecule has 0 bridgehead atoms. The summed E-state index contributed by atoms with van der Waals surface area (Å²) < 4.78 is 7.52. The normalized spacial score (nSPS) is 19.5. The molecule has 0 aliphatic carbocycles. The summed E-state index contributed by atoms with van der Waals surface area (Å²) in [7, 11) is 0. The van der Waals surface area contributed by atoms with E-state index in [1.54, 1.807) is 11.3 Å². The predicted molar refractivity (Wildman–Crippen MR) is 73.2 cm³/mol. The summed E-state index contributed by atoms with van der Waals surface area (Å²) in [5.41, 5.74) is 5.49. The highest BCUT2D eigenvalue weighted by Gasteiger charge is 2.24. The molecule has 1 aliphatic rings. The molecule has 3 heterocycles. The van der Waals surface area contributed by atoms with Crippen LogP contribution in [0.15, 0.2) is 0 Å². The average molecular weight is 281 g/mol. The third kappa shape index (κ3) is 2.77. The van der Waals surface area contributed by atoms with Crippen molar-refractivity contribution in [3.63, 3.8) is 0 Å². The lowest BCUT2D eigenvalue weighted by atomic mass is 10.2. The number of rotatable bonds is 6. The number of unbranched alkanes of at least 4 members (excludes halogenated alkanes) is 2. The molecule has 2 aromatic heterocycles. The Kier molecular flexibility index (Phi) is 4.05. The molecular weight excluding hydrogens is 262 g/mol. The first-order valence-corrected chi connectivity index (χ1v) is 7.73. The van der Waals surface area contributed by atoms with Gasteiger partial charge in [-0.1, -0.05) is 17.8 Å². The summed E-state index contributed by atoms with van der Waals surface area (Å²) >= 11 is 1.63. The van der Waals surface area contributed by atoms with Crippen LogP contribution in [-0.2, 0) is 11.2 Å². The lowest BCUT2D eigenvalue weighted by Crippen LogP contribution is -2.04. The SMILES string of the molecule is NCCCCCc1nn2c(C3CCCO3)nnc2s1. The molecule has 7 heteroatoms. The highest BCUT2D eigenvalue weighted by atomic mass is 32.1. The fourth-order valence-electron chi connectivity index (χ4n) is 2.35. The Labute approximate surface area is 116 Å².